The molecule has 3 aliphatic carbocycles. The molecule has 0 saturated carbocycles. The van der Waals surface area contributed by atoms with E-state index in [1.807, 2.05) is 60.5 Å². The number of likely N-dealkylation sites (N-methyl/N-ethyl adjacent to an activating group) is 3. The molecule has 3 aliphatic rings. The molecule has 7 atom stereocenters. The minimum atomic E-state index is -3.87. The summed E-state index contributed by atoms with van der Waals surface area (Å²) >= 11 is 38.7. The minimum absolute atomic E-state index is 0.00511. The Morgan fingerprint density at radius 3 is 1.05 bits per heavy atom. The standard InChI is InChI=1S/C80H106Cl6N10O18S3/c1-94(2)70-45-53-44-54(81)50-69(86)76(53)79(70)114-59-13-19-62(20-14-59)117(104,105)93-31-37-111-43-40-108-34-28-90-75(99)22-25-80(87,24-21-74(98)89-27-33-107-39-42-110-36-30-92-116(102,103)61-17-11-58(12-18-61)113-78-66-47-56(83)49-68(85)64(66)52-72(78)96(5)6)23-7-8-73(97)88-26-32-106-38-41-109-35-29-91-115(100,101)60-15-9-57(10-16-60)112-77-65-46-55(82)48-67(84)63(65)51-71(77)95(3)4/h9-20,44,46-50,70-72,77-79,91-93H,7-8,21-43,45,51-52,87H2,1-6H3,(H,88,97)(H,89,98)(H,90,99)/t70-,71+,72+,77+,78+,79+,80+/m1/s1. The first-order valence-corrected chi connectivity index (χ1v) is 45.3. The number of halogens is 6. The van der Waals surface area contributed by atoms with Crippen molar-refractivity contribution in [3.63, 3.8) is 0 Å². The van der Waals surface area contributed by atoms with Crippen LogP contribution in [0.4, 0.5) is 0 Å². The number of amides is 3. The molecule has 6 aromatic rings. The zero-order valence-electron chi connectivity index (χ0n) is 66.4. The summed E-state index contributed by atoms with van der Waals surface area (Å²) in [5.41, 5.74) is 11.5. The average Bonchev–Trinajstić information content (AvgIpc) is 1.63. The highest BCUT2D eigenvalue weighted by Crippen LogP contribution is 2.46. The molecule has 0 unspecified atom stereocenters. The Balaban J connectivity index is 0.634. The van der Waals surface area contributed by atoms with Gasteiger partial charge >= 0.3 is 0 Å². The maximum atomic E-state index is 13.2. The first kappa shape index (κ1) is 95.0. The number of nitrogens with two attached hydrogens (primary N) is 1. The Morgan fingerprint density at radius 2 is 0.701 bits per heavy atom. The molecule has 0 saturated heterocycles. The number of fused-ring (bicyclic) bond motifs is 3. The zero-order chi connectivity index (χ0) is 84.5. The van der Waals surface area contributed by atoms with E-state index < -0.39 is 41.7 Å². The van der Waals surface area contributed by atoms with Gasteiger partial charge in [0.25, 0.3) is 0 Å². The Morgan fingerprint density at radius 1 is 0.393 bits per heavy atom. The molecule has 3 amide bonds. The highest BCUT2D eigenvalue weighted by molar-refractivity contribution is 7.90. The Bertz CT molecular complexity index is 4600. The largest absolute Gasteiger partial charge is 0.484 e. The summed E-state index contributed by atoms with van der Waals surface area (Å²) in [6.07, 6.45) is 2.13. The van der Waals surface area contributed by atoms with Crippen molar-refractivity contribution in [1.82, 2.24) is 44.8 Å². The normalized spacial score (nSPS) is 17.7. The number of ether oxygens (including phenoxy) is 9. The van der Waals surface area contributed by atoms with Gasteiger partial charge in [-0.3, -0.25) is 14.4 Å². The van der Waals surface area contributed by atoms with E-state index >= 15 is 0 Å². The third-order valence-electron chi connectivity index (χ3n) is 20.2. The van der Waals surface area contributed by atoms with E-state index in [1.54, 1.807) is 54.6 Å². The number of hydrogen-bond donors (Lipinski definition) is 7. The van der Waals surface area contributed by atoms with Crippen molar-refractivity contribution >= 4 is 117 Å². The predicted octanol–water partition coefficient (Wildman–Crippen LogP) is 9.54. The molecular weight excluding hydrogens is 1700 g/mol. The molecule has 8 N–H and O–H groups in total. The van der Waals surface area contributed by atoms with Crippen LogP contribution in [0.15, 0.2) is 124 Å². The summed E-state index contributed by atoms with van der Waals surface area (Å²) in [4.78, 5) is 45.6. The van der Waals surface area contributed by atoms with Crippen LogP contribution >= 0.6 is 69.6 Å². The van der Waals surface area contributed by atoms with Crippen LogP contribution in [0.25, 0.3) is 0 Å². The van der Waals surface area contributed by atoms with Crippen molar-refractivity contribution in [2.45, 2.75) is 121 Å². The summed E-state index contributed by atoms with van der Waals surface area (Å²) in [5.74, 6) is 0.613. The quantitative estimate of drug-likeness (QED) is 0.0175. The number of hydrogen-bond acceptors (Lipinski definition) is 22. The third kappa shape index (κ3) is 28.9. The molecule has 9 rings (SSSR count). The topological polar surface area (TPSA) is 345 Å². The maximum absolute atomic E-state index is 13.2. The summed E-state index contributed by atoms with van der Waals surface area (Å²) < 4.78 is 139. The van der Waals surface area contributed by atoms with Gasteiger partial charge in [0.05, 0.1) is 112 Å². The molecule has 0 bridgehead atoms. The Kier molecular flexibility index (Phi) is 37.3. The highest BCUT2D eigenvalue weighted by Gasteiger charge is 2.41. The molecule has 0 radical (unpaired) electrons. The molecule has 6 aromatic carbocycles. The summed E-state index contributed by atoms with van der Waals surface area (Å²) in [6.45, 7) is 2.39. The Hall–Kier alpha value is -5.80. The summed E-state index contributed by atoms with van der Waals surface area (Å²) in [7, 11) is 0.154. The van der Waals surface area contributed by atoms with E-state index in [9.17, 15) is 39.6 Å². The fraction of sp³-hybridized carbons (Fsp3) is 0.512. The van der Waals surface area contributed by atoms with E-state index in [1.165, 1.54) is 36.4 Å². The molecule has 37 heteroatoms. The van der Waals surface area contributed by atoms with Crippen LogP contribution in [0.2, 0.25) is 30.1 Å². The maximum Gasteiger partial charge on any atom is 0.240 e. The molecule has 0 aliphatic heterocycles. The molecule has 0 aromatic heterocycles. The number of carbonyl (C=O) groups excluding carboxylic acids is 3. The number of benzene rings is 6. The van der Waals surface area contributed by atoms with Crippen LogP contribution in [0.3, 0.4) is 0 Å². The fourth-order valence-electron chi connectivity index (χ4n) is 13.9. The third-order valence-corrected chi connectivity index (χ3v) is 26.2. The zero-order valence-corrected chi connectivity index (χ0v) is 73.4. The molecule has 0 spiro atoms. The van der Waals surface area contributed by atoms with Crippen LogP contribution in [-0.4, -0.2) is 242 Å². The lowest BCUT2D eigenvalue weighted by atomic mass is 9.84. The van der Waals surface area contributed by atoms with Crippen LogP contribution < -0.4 is 50.1 Å². The lowest BCUT2D eigenvalue weighted by Crippen LogP contribution is -2.43. The van der Waals surface area contributed by atoms with Crippen LogP contribution in [0.5, 0.6) is 17.2 Å². The number of sulfonamides is 3. The number of carbonyl (C=O) groups is 3. The first-order valence-electron chi connectivity index (χ1n) is 38.6. The van der Waals surface area contributed by atoms with Crippen molar-refractivity contribution in [2.24, 2.45) is 5.73 Å². The van der Waals surface area contributed by atoms with Gasteiger partial charge in [0.2, 0.25) is 47.8 Å². The average molecular weight is 1800 g/mol. The number of rotatable bonds is 52. The van der Waals surface area contributed by atoms with E-state index in [2.05, 4.69) is 44.8 Å². The number of nitrogens with one attached hydrogen (secondary N) is 6. The monoisotopic (exact) mass is 1800 g/mol. The van der Waals surface area contributed by atoms with Crippen molar-refractivity contribution in [3.8, 4) is 17.2 Å². The molecule has 28 nitrogen and oxygen atoms in total. The Labute approximate surface area is 716 Å². The van der Waals surface area contributed by atoms with Gasteiger partial charge in [-0.15, -0.1) is 0 Å². The fourth-order valence-corrected chi connectivity index (χ4v) is 18.8. The van der Waals surface area contributed by atoms with Gasteiger partial charge in [0, 0.05) is 111 Å². The van der Waals surface area contributed by atoms with E-state index in [0.29, 0.717) is 79.5 Å². The van der Waals surface area contributed by atoms with Crippen LogP contribution in [-0.2, 0) is 92.1 Å². The molecule has 0 heterocycles. The summed E-state index contributed by atoms with van der Waals surface area (Å²) in [5, 5.41) is 11.7. The number of nitrogens with zero attached hydrogens (tertiary/aromatic N) is 3. The first-order chi connectivity index (χ1) is 55.8. The van der Waals surface area contributed by atoms with Crippen molar-refractivity contribution in [2.75, 3.05) is 161 Å². The predicted molar refractivity (Wildman–Crippen MR) is 451 cm³/mol. The van der Waals surface area contributed by atoms with Gasteiger partial charge in [-0.2, -0.15) is 0 Å². The van der Waals surface area contributed by atoms with E-state index in [0.717, 1.165) is 33.4 Å². The van der Waals surface area contributed by atoms with Crippen LogP contribution in [0.1, 0.15) is 96.6 Å². The smallest absolute Gasteiger partial charge is 0.240 e. The second-order valence-electron chi connectivity index (χ2n) is 29.2. The second kappa shape index (κ2) is 45.9. The van der Waals surface area contributed by atoms with Gasteiger partial charge in [0.15, 0.2) is 0 Å². The minimum Gasteiger partial charge on any atom is -0.484 e. The molecule has 0 fully saturated rings. The van der Waals surface area contributed by atoms with Crippen LogP contribution in [0, 0.1) is 0 Å². The van der Waals surface area contributed by atoms with Gasteiger partial charge in [-0.25, -0.2) is 39.4 Å². The van der Waals surface area contributed by atoms with Gasteiger partial charge in [0.1, 0.15) is 35.6 Å². The van der Waals surface area contributed by atoms with Crippen molar-refractivity contribution in [3.05, 3.63) is 173 Å². The van der Waals surface area contributed by atoms with E-state index in [-0.39, 0.29) is 213 Å². The van der Waals surface area contributed by atoms with E-state index in [4.69, 9.17) is 118 Å². The van der Waals surface area contributed by atoms with Crippen molar-refractivity contribution < 1.29 is 82.3 Å². The summed E-state index contributed by atoms with van der Waals surface area (Å²) in [6, 6.07) is 29.1. The van der Waals surface area contributed by atoms with Gasteiger partial charge in [-0.1, -0.05) is 69.6 Å². The lowest BCUT2D eigenvalue weighted by Gasteiger charge is -2.29. The van der Waals surface area contributed by atoms with Crippen molar-refractivity contribution in [1.29, 1.82) is 0 Å². The molecular formula is C80H106Cl6N10O18S3. The second-order valence-corrected chi connectivity index (χ2v) is 37.1. The van der Waals surface area contributed by atoms with Gasteiger partial charge in [-0.05, 0) is 213 Å². The molecule has 117 heavy (non-hydrogen) atoms. The lowest BCUT2D eigenvalue weighted by molar-refractivity contribution is -0.123. The SMILES string of the molecule is CN(C)[C@@H]1Cc2cc(Cl)cc(Cl)c2[C@H]1Oc1ccc(S(=O)(=O)NCCOCCOCCNC(=O)CC[C@](N)(CCCC(=O)NCCOCCOCCNS(=O)(=O)c2ccc(O[C@H]3c4cc(Cl)cc(Cl)c4C[C@@H]3N(C)C)cc2)CCC(=O)NCCOCCOCCNS(=O)(=O)c2ccc(O[C@H]3c4cc(Cl)cc(Cl)c4C[C@@H]3N(C)C)cc2)cc1. The molecule has 644 valence electrons. The highest BCUT2D eigenvalue weighted by atomic mass is 35.5. The van der Waals surface area contributed by atoms with Gasteiger partial charge < -0.3 is 79.0 Å².